The lowest BCUT2D eigenvalue weighted by Gasteiger charge is -2.33. The van der Waals surface area contributed by atoms with Crippen LogP contribution in [0.15, 0.2) is 0 Å². The van der Waals surface area contributed by atoms with Gasteiger partial charge in [-0.25, -0.2) is 0 Å². The van der Waals surface area contributed by atoms with Crippen LogP contribution in [0.3, 0.4) is 0 Å². The molecular weight excluding hydrogens is 174 g/mol. The monoisotopic (exact) mass is 197 g/mol. The maximum absolute atomic E-state index is 9.57. The van der Waals surface area contributed by atoms with Crippen molar-refractivity contribution >= 4 is 0 Å². The molecule has 0 aliphatic heterocycles. The molecule has 14 heavy (non-hydrogen) atoms. The van der Waals surface area contributed by atoms with E-state index >= 15 is 0 Å². The summed E-state index contributed by atoms with van der Waals surface area (Å²) in [6.07, 6.45) is 9.30. The van der Waals surface area contributed by atoms with Crippen molar-refractivity contribution in [2.75, 3.05) is 13.2 Å². The second kappa shape index (κ2) is 4.19. The van der Waals surface area contributed by atoms with Crippen LogP contribution >= 0.6 is 0 Å². The van der Waals surface area contributed by atoms with Crippen molar-refractivity contribution in [3.63, 3.8) is 0 Å². The number of hydrogen-bond acceptors (Lipinski definition) is 2. The molecule has 2 rings (SSSR count). The number of nitrogens with two attached hydrogens (primary N) is 1. The maximum Gasteiger partial charge on any atom is 0.0502 e. The summed E-state index contributed by atoms with van der Waals surface area (Å²) in [7, 11) is 0. The van der Waals surface area contributed by atoms with Crippen LogP contribution in [0, 0.1) is 17.3 Å². The Morgan fingerprint density at radius 2 is 1.79 bits per heavy atom. The van der Waals surface area contributed by atoms with Gasteiger partial charge in [-0.1, -0.05) is 25.7 Å². The smallest absolute Gasteiger partial charge is 0.0502 e. The third-order valence-electron chi connectivity index (χ3n) is 4.33. The Hall–Kier alpha value is -0.0800. The van der Waals surface area contributed by atoms with E-state index in [1.54, 1.807) is 0 Å². The van der Waals surface area contributed by atoms with Crippen LogP contribution in [0.4, 0.5) is 0 Å². The van der Waals surface area contributed by atoms with Gasteiger partial charge in [-0.2, -0.15) is 0 Å². The van der Waals surface area contributed by atoms with E-state index in [0.717, 1.165) is 11.8 Å². The molecule has 2 aliphatic carbocycles. The second-order valence-electron chi connectivity index (χ2n) is 5.35. The van der Waals surface area contributed by atoms with Crippen molar-refractivity contribution in [3.8, 4) is 0 Å². The van der Waals surface area contributed by atoms with Gasteiger partial charge < -0.3 is 10.8 Å². The summed E-state index contributed by atoms with van der Waals surface area (Å²) in [5.41, 5.74) is 5.97. The highest BCUT2D eigenvalue weighted by Gasteiger charge is 2.45. The quantitative estimate of drug-likeness (QED) is 0.707. The molecule has 2 fully saturated rings. The molecule has 0 aromatic rings. The molecule has 2 heteroatoms. The van der Waals surface area contributed by atoms with Crippen molar-refractivity contribution in [3.05, 3.63) is 0 Å². The first-order chi connectivity index (χ1) is 6.80. The van der Waals surface area contributed by atoms with Crippen molar-refractivity contribution in [1.29, 1.82) is 0 Å². The van der Waals surface area contributed by atoms with Gasteiger partial charge in [0, 0.05) is 12.0 Å². The standard InChI is InChI=1S/C12H23NO/c13-8-12(9-14,11-5-6-11)7-10-3-1-2-4-10/h10-11,14H,1-9,13H2. The zero-order chi connectivity index (χ0) is 10.0. The van der Waals surface area contributed by atoms with E-state index < -0.39 is 0 Å². The first kappa shape index (κ1) is 10.4. The molecule has 0 bridgehead atoms. The number of hydrogen-bond donors (Lipinski definition) is 2. The fourth-order valence-corrected chi connectivity index (χ4v) is 3.16. The van der Waals surface area contributed by atoms with E-state index in [-0.39, 0.29) is 5.41 Å². The lowest BCUT2D eigenvalue weighted by atomic mass is 9.75. The van der Waals surface area contributed by atoms with E-state index in [1.807, 2.05) is 0 Å². The highest BCUT2D eigenvalue weighted by molar-refractivity contribution is 4.96. The van der Waals surface area contributed by atoms with Crippen LogP contribution in [-0.4, -0.2) is 18.3 Å². The van der Waals surface area contributed by atoms with Gasteiger partial charge >= 0.3 is 0 Å². The molecule has 3 N–H and O–H groups in total. The third kappa shape index (κ3) is 1.96. The first-order valence-electron chi connectivity index (χ1n) is 6.12. The molecule has 2 saturated carbocycles. The Bertz CT molecular complexity index is 179. The van der Waals surface area contributed by atoms with Crippen LogP contribution < -0.4 is 5.73 Å². The Morgan fingerprint density at radius 1 is 1.14 bits per heavy atom. The van der Waals surface area contributed by atoms with Crippen molar-refractivity contribution in [1.82, 2.24) is 0 Å². The van der Waals surface area contributed by atoms with Crippen LogP contribution in [0.5, 0.6) is 0 Å². The molecule has 82 valence electrons. The summed E-state index contributed by atoms with van der Waals surface area (Å²) in [5, 5.41) is 9.57. The molecule has 0 aromatic heterocycles. The molecule has 0 saturated heterocycles. The summed E-state index contributed by atoms with van der Waals surface area (Å²) in [6, 6.07) is 0. The number of rotatable bonds is 5. The van der Waals surface area contributed by atoms with Crippen molar-refractivity contribution < 1.29 is 5.11 Å². The topological polar surface area (TPSA) is 46.2 Å². The fraction of sp³-hybridized carbons (Fsp3) is 1.00. The zero-order valence-electron chi connectivity index (χ0n) is 9.04. The molecular formula is C12H23NO. The Kier molecular flexibility index (Phi) is 3.13. The first-order valence-corrected chi connectivity index (χ1v) is 6.12. The Balaban J connectivity index is 1.94. The zero-order valence-corrected chi connectivity index (χ0v) is 9.04. The lowest BCUT2D eigenvalue weighted by molar-refractivity contribution is 0.0812. The summed E-state index contributed by atoms with van der Waals surface area (Å²) >= 11 is 0. The van der Waals surface area contributed by atoms with Gasteiger partial charge in [-0.05, 0) is 31.1 Å². The summed E-state index contributed by atoms with van der Waals surface area (Å²) in [6.45, 7) is 0.995. The normalized spacial score (nSPS) is 27.9. The fourth-order valence-electron chi connectivity index (χ4n) is 3.16. The molecule has 0 amide bonds. The molecule has 0 aromatic carbocycles. The van der Waals surface area contributed by atoms with E-state index in [1.165, 1.54) is 44.9 Å². The average Bonchev–Trinajstić information content (AvgIpc) is 2.95. The molecule has 0 radical (unpaired) electrons. The lowest BCUT2D eigenvalue weighted by Crippen LogP contribution is -2.38. The third-order valence-corrected chi connectivity index (χ3v) is 4.33. The van der Waals surface area contributed by atoms with Crippen LogP contribution in [0.1, 0.15) is 44.9 Å². The number of aliphatic hydroxyl groups excluding tert-OH is 1. The SMILES string of the molecule is NCC(CO)(CC1CCCC1)C1CC1. The Morgan fingerprint density at radius 3 is 2.21 bits per heavy atom. The highest BCUT2D eigenvalue weighted by Crippen LogP contribution is 2.50. The minimum atomic E-state index is 0.0923. The van der Waals surface area contributed by atoms with E-state index in [2.05, 4.69) is 0 Å². The molecule has 2 nitrogen and oxygen atoms in total. The van der Waals surface area contributed by atoms with Crippen LogP contribution in [0.2, 0.25) is 0 Å². The Labute approximate surface area is 86.9 Å². The average molecular weight is 197 g/mol. The van der Waals surface area contributed by atoms with Gasteiger partial charge in [0.05, 0.1) is 6.61 Å². The van der Waals surface area contributed by atoms with E-state index in [9.17, 15) is 5.11 Å². The molecule has 0 spiro atoms. The summed E-state index contributed by atoms with van der Waals surface area (Å²) in [5.74, 6) is 1.59. The minimum Gasteiger partial charge on any atom is -0.396 e. The predicted octanol–water partition coefficient (Wildman–Crippen LogP) is 1.91. The van der Waals surface area contributed by atoms with Gasteiger partial charge in [-0.3, -0.25) is 0 Å². The van der Waals surface area contributed by atoms with Crippen molar-refractivity contribution in [2.24, 2.45) is 23.0 Å². The predicted molar refractivity (Wildman–Crippen MR) is 57.9 cm³/mol. The maximum atomic E-state index is 9.57. The summed E-state index contributed by atoms with van der Waals surface area (Å²) in [4.78, 5) is 0. The van der Waals surface area contributed by atoms with Crippen LogP contribution in [0.25, 0.3) is 0 Å². The van der Waals surface area contributed by atoms with E-state index in [4.69, 9.17) is 5.73 Å². The van der Waals surface area contributed by atoms with Gasteiger partial charge in [0.15, 0.2) is 0 Å². The van der Waals surface area contributed by atoms with Gasteiger partial charge in [0.2, 0.25) is 0 Å². The minimum absolute atomic E-state index is 0.0923. The van der Waals surface area contributed by atoms with Crippen molar-refractivity contribution in [2.45, 2.75) is 44.9 Å². The van der Waals surface area contributed by atoms with Gasteiger partial charge in [0.1, 0.15) is 0 Å². The molecule has 1 atom stereocenters. The van der Waals surface area contributed by atoms with Gasteiger partial charge in [0.25, 0.3) is 0 Å². The number of aliphatic hydroxyl groups is 1. The van der Waals surface area contributed by atoms with Crippen LogP contribution in [-0.2, 0) is 0 Å². The molecule has 1 unspecified atom stereocenters. The van der Waals surface area contributed by atoms with E-state index in [0.29, 0.717) is 13.2 Å². The highest BCUT2D eigenvalue weighted by atomic mass is 16.3. The molecule has 2 aliphatic rings. The summed E-state index contributed by atoms with van der Waals surface area (Å²) < 4.78 is 0. The second-order valence-corrected chi connectivity index (χ2v) is 5.35. The largest absolute Gasteiger partial charge is 0.396 e. The van der Waals surface area contributed by atoms with Gasteiger partial charge in [-0.15, -0.1) is 0 Å². The molecule has 0 heterocycles.